The lowest BCUT2D eigenvalue weighted by Gasteiger charge is -2.58. The Labute approximate surface area is 129 Å². The van der Waals surface area contributed by atoms with E-state index in [2.05, 4.69) is 32.6 Å². The van der Waals surface area contributed by atoms with Crippen molar-refractivity contribution in [1.29, 1.82) is 0 Å². The molecule has 4 heteroatoms. The number of alkyl halides is 2. The van der Waals surface area contributed by atoms with Gasteiger partial charge in [-0.15, -0.1) is 0 Å². The molecule has 0 aromatic carbocycles. The van der Waals surface area contributed by atoms with Crippen LogP contribution in [0.2, 0.25) is 0 Å². The molecule has 126 valence electrons. The number of hydrogen-bond donors (Lipinski definition) is 0. The van der Waals surface area contributed by atoms with Gasteiger partial charge in [0, 0.05) is 25.7 Å². The largest absolute Gasteiger partial charge is 0.301 e. The molecule has 0 N–H and O–H groups in total. The molecule has 0 aliphatic carbocycles. The monoisotopic (exact) mass is 304 g/mol. The lowest BCUT2D eigenvalue weighted by Crippen LogP contribution is -2.70. The second kappa shape index (κ2) is 7.36. The molecular weight excluding hydrogens is 270 g/mol. The Morgan fingerprint density at radius 2 is 1.62 bits per heavy atom. The SMILES string of the molecule is CC.CCC(C)N1CCC2(CN(CC(C)C)C2)C(F)(F)C1. The smallest absolute Gasteiger partial charge is 0.268 e. The van der Waals surface area contributed by atoms with E-state index >= 15 is 0 Å². The van der Waals surface area contributed by atoms with Crippen molar-refractivity contribution in [2.24, 2.45) is 11.3 Å². The Balaban J connectivity index is 0.00000106. The third kappa shape index (κ3) is 3.95. The van der Waals surface area contributed by atoms with Crippen LogP contribution in [0, 0.1) is 11.3 Å². The zero-order valence-corrected chi connectivity index (χ0v) is 14.8. The summed E-state index contributed by atoms with van der Waals surface area (Å²) in [5.41, 5.74) is -0.730. The van der Waals surface area contributed by atoms with E-state index in [9.17, 15) is 8.78 Å². The van der Waals surface area contributed by atoms with Crippen molar-refractivity contribution in [2.45, 2.75) is 66.3 Å². The highest BCUT2D eigenvalue weighted by molar-refractivity contribution is 5.08. The van der Waals surface area contributed by atoms with Gasteiger partial charge < -0.3 is 4.90 Å². The summed E-state index contributed by atoms with van der Waals surface area (Å²) >= 11 is 0. The first-order chi connectivity index (χ1) is 9.79. The number of nitrogens with zero attached hydrogens (tertiary/aromatic N) is 2. The predicted octanol–water partition coefficient (Wildman–Crippen LogP) is 4.11. The number of rotatable bonds is 4. The van der Waals surface area contributed by atoms with Crippen molar-refractivity contribution in [2.75, 3.05) is 32.7 Å². The van der Waals surface area contributed by atoms with E-state index in [1.807, 2.05) is 18.7 Å². The van der Waals surface area contributed by atoms with Gasteiger partial charge in [0.15, 0.2) is 0 Å². The number of hydrogen-bond acceptors (Lipinski definition) is 2. The van der Waals surface area contributed by atoms with Gasteiger partial charge in [-0.05, 0) is 32.2 Å². The average molecular weight is 304 g/mol. The van der Waals surface area contributed by atoms with Crippen molar-refractivity contribution in [3.63, 3.8) is 0 Å². The molecule has 2 nitrogen and oxygen atoms in total. The Hall–Kier alpha value is -0.220. The highest BCUT2D eigenvalue weighted by atomic mass is 19.3. The molecule has 0 radical (unpaired) electrons. The summed E-state index contributed by atoms with van der Waals surface area (Å²) in [6.45, 7) is 15.3. The van der Waals surface area contributed by atoms with Crippen molar-refractivity contribution < 1.29 is 8.78 Å². The minimum absolute atomic E-state index is 0.0441. The van der Waals surface area contributed by atoms with Gasteiger partial charge in [-0.1, -0.05) is 34.6 Å². The van der Waals surface area contributed by atoms with Crippen molar-refractivity contribution in [1.82, 2.24) is 9.80 Å². The number of halogens is 2. The van der Waals surface area contributed by atoms with E-state index in [0.717, 1.165) is 19.5 Å². The number of likely N-dealkylation sites (tertiary alicyclic amines) is 2. The van der Waals surface area contributed by atoms with Gasteiger partial charge >= 0.3 is 0 Å². The second-order valence-corrected chi connectivity index (χ2v) is 7.03. The lowest BCUT2D eigenvalue weighted by atomic mass is 9.68. The zero-order chi connectivity index (χ0) is 16.3. The van der Waals surface area contributed by atoms with Crippen LogP contribution in [-0.4, -0.2) is 54.5 Å². The van der Waals surface area contributed by atoms with E-state index in [4.69, 9.17) is 0 Å². The van der Waals surface area contributed by atoms with Crippen molar-refractivity contribution >= 4 is 0 Å². The van der Waals surface area contributed by atoms with Crippen LogP contribution in [0.1, 0.15) is 54.4 Å². The van der Waals surface area contributed by atoms with Crippen LogP contribution in [0.15, 0.2) is 0 Å². The molecule has 0 aromatic rings. The van der Waals surface area contributed by atoms with Crippen LogP contribution >= 0.6 is 0 Å². The van der Waals surface area contributed by atoms with Gasteiger partial charge in [0.1, 0.15) is 0 Å². The summed E-state index contributed by atoms with van der Waals surface area (Å²) in [5.74, 6) is -1.96. The standard InChI is InChI=1S/C15H28F2N2.C2H6/c1-5-13(4)19-7-6-14(15(16,17)11-19)9-18(10-14)8-12(2)3;1-2/h12-13H,5-11H2,1-4H3;1-2H3. The molecule has 2 heterocycles. The van der Waals surface area contributed by atoms with Crippen LogP contribution in [0.4, 0.5) is 8.78 Å². The van der Waals surface area contributed by atoms with Gasteiger partial charge in [-0.25, -0.2) is 8.78 Å². The molecule has 0 aromatic heterocycles. The fourth-order valence-electron chi connectivity index (χ4n) is 3.52. The van der Waals surface area contributed by atoms with Crippen LogP contribution in [0.3, 0.4) is 0 Å². The molecule has 2 rings (SSSR count). The topological polar surface area (TPSA) is 6.48 Å². The summed E-state index contributed by atoms with van der Waals surface area (Å²) < 4.78 is 29.0. The first-order valence-electron chi connectivity index (χ1n) is 8.64. The van der Waals surface area contributed by atoms with E-state index in [1.165, 1.54) is 0 Å². The minimum Gasteiger partial charge on any atom is -0.301 e. The third-order valence-corrected chi connectivity index (χ3v) is 4.95. The Kier molecular flexibility index (Phi) is 6.60. The average Bonchev–Trinajstić information content (AvgIpc) is 2.39. The molecule has 0 amide bonds. The van der Waals surface area contributed by atoms with E-state index in [1.54, 1.807) is 0 Å². The Morgan fingerprint density at radius 3 is 2.05 bits per heavy atom. The van der Waals surface area contributed by atoms with Gasteiger partial charge in [0.25, 0.3) is 5.92 Å². The van der Waals surface area contributed by atoms with E-state index in [0.29, 0.717) is 25.4 Å². The predicted molar refractivity (Wildman–Crippen MR) is 85.9 cm³/mol. The Morgan fingerprint density at radius 1 is 1.05 bits per heavy atom. The van der Waals surface area contributed by atoms with Gasteiger partial charge in [-0.2, -0.15) is 0 Å². The Bertz CT molecular complexity index is 312. The number of piperidine rings is 1. The van der Waals surface area contributed by atoms with Gasteiger partial charge in [0.05, 0.1) is 12.0 Å². The molecule has 1 unspecified atom stereocenters. The molecule has 2 fully saturated rings. The quantitative estimate of drug-likeness (QED) is 0.771. The molecule has 2 saturated heterocycles. The fourth-order valence-corrected chi connectivity index (χ4v) is 3.52. The molecule has 0 saturated carbocycles. The summed E-state index contributed by atoms with van der Waals surface area (Å²) in [6, 6.07) is 0.273. The molecule has 1 atom stereocenters. The first-order valence-corrected chi connectivity index (χ1v) is 8.64. The highest BCUT2D eigenvalue weighted by Gasteiger charge is 2.62. The molecule has 2 aliphatic rings. The normalized spacial score (nSPS) is 26.1. The minimum atomic E-state index is -2.53. The summed E-state index contributed by atoms with van der Waals surface area (Å²) in [6.07, 6.45) is 1.60. The summed E-state index contributed by atoms with van der Waals surface area (Å²) in [7, 11) is 0. The van der Waals surface area contributed by atoms with Gasteiger partial charge in [0.2, 0.25) is 0 Å². The van der Waals surface area contributed by atoms with Gasteiger partial charge in [-0.3, -0.25) is 4.90 Å². The van der Waals surface area contributed by atoms with E-state index in [-0.39, 0.29) is 12.6 Å². The third-order valence-electron chi connectivity index (χ3n) is 4.95. The molecule has 0 bridgehead atoms. The van der Waals surface area contributed by atoms with E-state index < -0.39 is 11.3 Å². The van der Waals surface area contributed by atoms with Crippen LogP contribution in [-0.2, 0) is 0 Å². The zero-order valence-electron chi connectivity index (χ0n) is 14.8. The van der Waals surface area contributed by atoms with Crippen LogP contribution < -0.4 is 0 Å². The summed E-state index contributed by atoms with van der Waals surface area (Å²) in [5, 5.41) is 0. The maximum absolute atomic E-state index is 14.5. The van der Waals surface area contributed by atoms with Crippen molar-refractivity contribution in [3.8, 4) is 0 Å². The maximum atomic E-state index is 14.5. The summed E-state index contributed by atoms with van der Waals surface area (Å²) in [4.78, 5) is 4.16. The molecule has 1 spiro atoms. The van der Waals surface area contributed by atoms with Crippen LogP contribution in [0.5, 0.6) is 0 Å². The molecular formula is C17H34F2N2. The second-order valence-electron chi connectivity index (χ2n) is 7.03. The highest BCUT2D eigenvalue weighted by Crippen LogP contribution is 2.50. The maximum Gasteiger partial charge on any atom is 0.268 e. The van der Waals surface area contributed by atoms with Crippen LogP contribution in [0.25, 0.3) is 0 Å². The molecule has 2 aliphatic heterocycles. The first kappa shape index (κ1) is 18.8. The lowest BCUT2D eigenvalue weighted by molar-refractivity contribution is -0.229. The fraction of sp³-hybridized carbons (Fsp3) is 1.00. The van der Waals surface area contributed by atoms with Crippen molar-refractivity contribution in [3.05, 3.63) is 0 Å². The molecule has 21 heavy (non-hydrogen) atoms.